The van der Waals surface area contributed by atoms with Gasteiger partial charge in [-0.2, -0.15) is 0 Å². The Hall–Kier alpha value is -1.69. The van der Waals surface area contributed by atoms with Crippen LogP contribution in [0, 0.1) is 0 Å². The Morgan fingerprint density at radius 2 is 1.95 bits per heavy atom. The van der Waals surface area contributed by atoms with E-state index >= 15 is 0 Å². The molecule has 2 aromatic rings. The Morgan fingerprint density at radius 3 is 2.62 bits per heavy atom. The Morgan fingerprint density at radius 1 is 1.19 bits per heavy atom. The summed E-state index contributed by atoms with van der Waals surface area (Å²) < 4.78 is 0.961. The molecule has 2 aromatic carbocycles. The van der Waals surface area contributed by atoms with Crippen LogP contribution in [0.15, 0.2) is 46.9 Å². The van der Waals surface area contributed by atoms with Gasteiger partial charge in [0, 0.05) is 22.3 Å². The zero-order valence-corrected chi connectivity index (χ0v) is 12.9. The highest BCUT2D eigenvalue weighted by atomic mass is 79.9. The van der Waals surface area contributed by atoms with E-state index in [0.29, 0.717) is 6.54 Å². The topological polar surface area (TPSA) is 67.1 Å². The SMILES string of the molecule is NCc1ccc(C2Nc3ccc(Br)cc3C(C=O)N2)cc1. The minimum Gasteiger partial charge on any atom is -0.366 e. The number of hydrogen-bond donors (Lipinski definition) is 3. The van der Waals surface area contributed by atoms with E-state index < -0.39 is 0 Å². The largest absolute Gasteiger partial charge is 0.366 e. The second kappa shape index (κ2) is 5.97. The van der Waals surface area contributed by atoms with Crippen LogP contribution in [-0.4, -0.2) is 6.29 Å². The third-order valence-electron chi connectivity index (χ3n) is 3.68. The molecule has 2 unspecified atom stereocenters. The average Bonchev–Trinajstić information content (AvgIpc) is 2.54. The first kappa shape index (κ1) is 14.3. The summed E-state index contributed by atoms with van der Waals surface area (Å²) in [5.41, 5.74) is 9.71. The van der Waals surface area contributed by atoms with Crippen molar-refractivity contribution < 1.29 is 4.79 Å². The van der Waals surface area contributed by atoms with Gasteiger partial charge in [-0.1, -0.05) is 40.2 Å². The quantitative estimate of drug-likeness (QED) is 0.748. The molecule has 1 aliphatic rings. The van der Waals surface area contributed by atoms with E-state index in [1.807, 2.05) is 42.5 Å². The first-order valence-corrected chi connectivity index (χ1v) is 7.57. The Balaban J connectivity index is 1.92. The predicted molar refractivity (Wildman–Crippen MR) is 86.8 cm³/mol. The highest BCUT2D eigenvalue weighted by molar-refractivity contribution is 9.10. The lowest BCUT2D eigenvalue weighted by Crippen LogP contribution is -2.37. The molecule has 0 saturated carbocycles. The maximum atomic E-state index is 11.4. The fourth-order valence-electron chi connectivity index (χ4n) is 2.53. The molecule has 0 amide bonds. The number of carbonyl (C=O) groups excluding carboxylic acids is 1. The monoisotopic (exact) mass is 345 g/mol. The number of anilines is 1. The van der Waals surface area contributed by atoms with Crippen molar-refractivity contribution in [1.29, 1.82) is 0 Å². The molecule has 4 nitrogen and oxygen atoms in total. The second-order valence-corrected chi connectivity index (χ2v) is 5.95. The normalized spacial score (nSPS) is 20.5. The van der Waals surface area contributed by atoms with E-state index in [1.165, 1.54) is 0 Å². The number of aldehydes is 1. The Labute approximate surface area is 131 Å². The Kier molecular flexibility index (Phi) is 4.05. The summed E-state index contributed by atoms with van der Waals surface area (Å²) in [5, 5.41) is 6.73. The molecular weight excluding hydrogens is 330 g/mol. The highest BCUT2D eigenvalue weighted by Crippen LogP contribution is 2.33. The first-order valence-electron chi connectivity index (χ1n) is 6.77. The number of nitrogens with one attached hydrogen (secondary N) is 2. The van der Waals surface area contributed by atoms with Gasteiger partial charge in [0.2, 0.25) is 0 Å². The highest BCUT2D eigenvalue weighted by Gasteiger charge is 2.26. The van der Waals surface area contributed by atoms with E-state index in [2.05, 4.69) is 26.6 Å². The van der Waals surface area contributed by atoms with Crippen LogP contribution in [0.4, 0.5) is 5.69 Å². The van der Waals surface area contributed by atoms with Crippen LogP contribution in [-0.2, 0) is 11.3 Å². The second-order valence-electron chi connectivity index (χ2n) is 5.04. The summed E-state index contributed by atoms with van der Waals surface area (Å²) in [6.07, 6.45) is 0.841. The molecule has 0 aromatic heterocycles. The molecular formula is C16H16BrN3O. The minimum absolute atomic E-state index is 0.0966. The molecule has 0 radical (unpaired) electrons. The minimum atomic E-state index is -0.321. The summed E-state index contributed by atoms with van der Waals surface area (Å²) in [7, 11) is 0. The number of benzene rings is 2. The zero-order chi connectivity index (χ0) is 14.8. The van der Waals surface area contributed by atoms with Crippen molar-refractivity contribution in [3.05, 3.63) is 63.6 Å². The van der Waals surface area contributed by atoms with Gasteiger partial charge in [-0.15, -0.1) is 0 Å². The van der Waals surface area contributed by atoms with Gasteiger partial charge in [-0.25, -0.2) is 0 Å². The first-order chi connectivity index (χ1) is 10.2. The zero-order valence-electron chi connectivity index (χ0n) is 11.3. The summed E-state index contributed by atoms with van der Waals surface area (Å²) >= 11 is 3.44. The van der Waals surface area contributed by atoms with Crippen molar-refractivity contribution in [3.63, 3.8) is 0 Å². The van der Waals surface area contributed by atoms with Gasteiger partial charge in [0.15, 0.2) is 0 Å². The van der Waals surface area contributed by atoms with E-state index in [9.17, 15) is 4.79 Å². The van der Waals surface area contributed by atoms with Crippen LogP contribution >= 0.6 is 15.9 Å². The smallest absolute Gasteiger partial charge is 0.141 e. The van der Waals surface area contributed by atoms with Crippen molar-refractivity contribution in [1.82, 2.24) is 5.32 Å². The van der Waals surface area contributed by atoms with Crippen molar-refractivity contribution in [2.45, 2.75) is 18.8 Å². The predicted octanol–water partition coefficient (Wildman–Crippen LogP) is 2.86. The third kappa shape index (κ3) is 2.85. The Bertz CT molecular complexity index is 657. The molecule has 108 valence electrons. The molecule has 0 saturated heterocycles. The standard InChI is InChI=1S/C16H16BrN3O/c17-12-5-6-14-13(7-12)15(9-21)20-16(19-14)11-3-1-10(8-18)2-4-11/h1-7,9,15-16,19-20H,8,18H2. The van der Waals surface area contributed by atoms with Gasteiger partial charge >= 0.3 is 0 Å². The van der Waals surface area contributed by atoms with Crippen LogP contribution in [0.2, 0.25) is 0 Å². The maximum absolute atomic E-state index is 11.4. The molecule has 4 N–H and O–H groups in total. The van der Waals surface area contributed by atoms with Gasteiger partial charge in [0.25, 0.3) is 0 Å². The van der Waals surface area contributed by atoms with E-state index in [0.717, 1.165) is 33.1 Å². The number of halogens is 1. The molecule has 2 atom stereocenters. The van der Waals surface area contributed by atoms with E-state index in [-0.39, 0.29) is 12.2 Å². The number of rotatable bonds is 3. The van der Waals surface area contributed by atoms with Crippen LogP contribution in [0.25, 0.3) is 0 Å². The van der Waals surface area contributed by atoms with E-state index in [4.69, 9.17) is 5.73 Å². The lowest BCUT2D eigenvalue weighted by atomic mass is 9.99. The number of fused-ring (bicyclic) bond motifs is 1. The molecule has 0 bridgehead atoms. The third-order valence-corrected chi connectivity index (χ3v) is 4.17. The maximum Gasteiger partial charge on any atom is 0.141 e. The summed E-state index contributed by atoms with van der Waals surface area (Å²) in [5.74, 6) is 0. The van der Waals surface area contributed by atoms with E-state index in [1.54, 1.807) is 0 Å². The molecule has 0 fully saturated rings. The fraction of sp³-hybridized carbons (Fsp3) is 0.188. The van der Waals surface area contributed by atoms with Crippen molar-refractivity contribution >= 4 is 27.9 Å². The molecule has 0 spiro atoms. The van der Waals surface area contributed by atoms with Gasteiger partial charge in [-0.05, 0) is 29.3 Å². The number of hydrogen-bond acceptors (Lipinski definition) is 4. The van der Waals surface area contributed by atoms with Crippen LogP contribution < -0.4 is 16.4 Å². The molecule has 21 heavy (non-hydrogen) atoms. The number of nitrogens with two attached hydrogens (primary N) is 1. The summed E-state index contributed by atoms with van der Waals surface area (Å²) in [4.78, 5) is 11.4. The van der Waals surface area contributed by atoms with Gasteiger partial charge in [0.1, 0.15) is 12.5 Å². The molecule has 3 rings (SSSR count). The van der Waals surface area contributed by atoms with Crippen molar-refractivity contribution in [3.8, 4) is 0 Å². The molecule has 5 heteroatoms. The number of carbonyl (C=O) groups is 1. The van der Waals surface area contributed by atoms with Crippen LogP contribution in [0.3, 0.4) is 0 Å². The van der Waals surface area contributed by atoms with Gasteiger partial charge in [0.05, 0.1) is 6.04 Å². The van der Waals surface area contributed by atoms with Gasteiger partial charge in [-0.3, -0.25) is 5.32 Å². The lowest BCUT2D eigenvalue weighted by Gasteiger charge is -2.32. The summed E-state index contributed by atoms with van der Waals surface area (Å²) in [6, 6.07) is 13.7. The van der Waals surface area contributed by atoms with Crippen molar-refractivity contribution in [2.75, 3.05) is 5.32 Å². The summed E-state index contributed by atoms with van der Waals surface area (Å²) in [6.45, 7) is 0.527. The van der Waals surface area contributed by atoms with Crippen LogP contribution in [0.1, 0.15) is 28.9 Å². The van der Waals surface area contributed by atoms with Crippen molar-refractivity contribution in [2.24, 2.45) is 5.73 Å². The fourth-order valence-corrected chi connectivity index (χ4v) is 2.91. The molecule has 1 heterocycles. The molecule has 0 aliphatic carbocycles. The lowest BCUT2D eigenvalue weighted by molar-refractivity contribution is -0.109. The average molecular weight is 346 g/mol. The van der Waals surface area contributed by atoms with Crippen LogP contribution in [0.5, 0.6) is 0 Å². The molecule has 1 aliphatic heterocycles. The van der Waals surface area contributed by atoms with Gasteiger partial charge < -0.3 is 15.8 Å².